The Bertz CT molecular complexity index is 1340. The Hall–Kier alpha value is -3.45. The number of hydrogen-bond acceptors (Lipinski definition) is 8. The molecule has 2 fully saturated rings. The molecule has 14 heteroatoms. The summed E-state index contributed by atoms with van der Waals surface area (Å²) in [7, 11) is 0. The second-order valence-corrected chi connectivity index (χ2v) is 9.28. The second-order valence-electron chi connectivity index (χ2n) is 8.85. The lowest BCUT2D eigenvalue weighted by atomic mass is 10.1. The summed E-state index contributed by atoms with van der Waals surface area (Å²) in [6.07, 6.45) is -3.16. The highest BCUT2D eigenvalue weighted by Gasteiger charge is 2.32. The van der Waals surface area contributed by atoms with Crippen LogP contribution in [0.15, 0.2) is 35.4 Å². The topological polar surface area (TPSA) is 108 Å². The van der Waals surface area contributed by atoms with E-state index in [1.807, 2.05) is 4.90 Å². The highest BCUT2D eigenvalue weighted by molar-refractivity contribution is 6.31. The Morgan fingerprint density at radius 1 is 1.08 bits per heavy atom. The maximum atomic E-state index is 13.0. The summed E-state index contributed by atoms with van der Waals surface area (Å²) in [4.78, 5) is 38.3. The number of hydrogen-bond donors (Lipinski definition) is 1. The van der Waals surface area contributed by atoms with Gasteiger partial charge in [0.2, 0.25) is 11.9 Å². The summed E-state index contributed by atoms with van der Waals surface area (Å²) in [5, 5.41) is 8.30. The summed E-state index contributed by atoms with van der Waals surface area (Å²) in [5.74, 6) is 0.719. The van der Waals surface area contributed by atoms with Crippen LogP contribution in [0.1, 0.15) is 12.0 Å². The largest absolute Gasteiger partial charge is 0.419 e. The molecule has 1 atom stereocenters. The van der Waals surface area contributed by atoms with Crippen LogP contribution in [0.25, 0.3) is 10.8 Å². The third-order valence-corrected chi connectivity index (χ3v) is 6.69. The summed E-state index contributed by atoms with van der Waals surface area (Å²) in [5.41, 5.74) is -1.23. The van der Waals surface area contributed by atoms with Gasteiger partial charge in [0.05, 0.1) is 30.1 Å². The molecular weight excluding hydrogens is 515 g/mol. The van der Waals surface area contributed by atoms with Gasteiger partial charge in [0.25, 0.3) is 5.56 Å². The standard InChI is InChI=1S/C23H23ClF3N7O3/c24-15-1-2-17-18(9-15)21(36)31-30-20(17)34-7-8-37-16(13-34)10-19(35)32-3-5-33(6-4-32)22-28-11-14(12-29-22)23(25,26)27/h1-2,9,11-12,16H,3-8,10,13H2,(H,31,36)/t16-/m1/s1. The van der Waals surface area contributed by atoms with E-state index in [0.29, 0.717) is 67.5 Å². The number of nitrogens with one attached hydrogen (secondary N) is 1. The van der Waals surface area contributed by atoms with Gasteiger partial charge in [-0.2, -0.15) is 18.3 Å². The van der Waals surface area contributed by atoms with Crippen molar-refractivity contribution in [1.29, 1.82) is 0 Å². The Morgan fingerprint density at radius 2 is 1.81 bits per heavy atom. The quantitative estimate of drug-likeness (QED) is 0.540. The number of aromatic amines is 1. The predicted molar refractivity (Wildman–Crippen MR) is 130 cm³/mol. The van der Waals surface area contributed by atoms with E-state index in [4.69, 9.17) is 16.3 Å². The summed E-state index contributed by atoms with van der Waals surface area (Å²) < 4.78 is 44.1. The molecule has 3 aromatic rings. The van der Waals surface area contributed by atoms with Crippen molar-refractivity contribution in [2.24, 2.45) is 0 Å². The van der Waals surface area contributed by atoms with Crippen LogP contribution in [0.4, 0.5) is 24.9 Å². The zero-order valence-electron chi connectivity index (χ0n) is 19.5. The maximum Gasteiger partial charge on any atom is 0.419 e. The summed E-state index contributed by atoms with van der Waals surface area (Å²) >= 11 is 6.05. The molecule has 196 valence electrons. The Morgan fingerprint density at radius 3 is 2.51 bits per heavy atom. The average molecular weight is 538 g/mol. The van der Waals surface area contributed by atoms with E-state index in [1.165, 1.54) is 0 Å². The molecule has 0 radical (unpaired) electrons. The lowest BCUT2D eigenvalue weighted by Gasteiger charge is -2.37. The van der Waals surface area contributed by atoms with Crippen molar-refractivity contribution >= 4 is 40.0 Å². The van der Waals surface area contributed by atoms with Crippen molar-refractivity contribution in [2.75, 3.05) is 55.7 Å². The molecule has 2 aromatic heterocycles. The fraction of sp³-hybridized carbons (Fsp3) is 0.435. The molecule has 0 aliphatic carbocycles. The normalized spacial score (nSPS) is 18.9. The molecule has 2 saturated heterocycles. The number of alkyl halides is 3. The number of rotatable bonds is 4. The fourth-order valence-corrected chi connectivity index (χ4v) is 4.68. The number of aromatic nitrogens is 4. The van der Waals surface area contributed by atoms with Gasteiger partial charge in [-0.15, -0.1) is 0 Å². The predicted octanol–water partition coefficient (Wildman–Crippen LogP) is 2.33. The summed E-state index contributed by atoms with van der Waals surface area (Å²) in [6.45, 7) is 2.97. The monoisotopic (exact) mass is 537 g/mol. The van der Waals surface area contributed by atoms with Crippen LogP contribution in [-0.2, 0) is 15.7 Å². The first-order valence-corrected chi connectivity index (χ1v) is 12.0. The molecule has 0 saturated carbocycles. The SMILES string of the molecule is O=C(C[C@@H]1CN(c2n[nH]c(=O)c3cc(Cl)ccc23)CCO1)N1CCN(c2ncc(C(F)(F)F)cn2)CC1. The van der Waals surface area contributed by atoms with E-state index in [1.54, 1.807) is 28.0 Å². The number of anilines is 2. The van der Waals surface area contributed by atoms with Gasteiger partial charge in [-0.3, -0.25) is 9.59 Å². The molecule has 5 rings (SSSR count). The van der Waals surface area contributed by atoms with Gasteiger partial charge in [0.1, 0.15) is 0 Å². The number of nitrogens with zero attached hydrogens (tertiary/aromatic N) is 6. The number of H-pyrrole nitrogens is 1. The molecular formula is C23H23ClF3N7O3. The molecule has 0 unspecified atom stereocenters. The molecule has 2 aliphatic rings. The van der Waals surface area contributed by atoms with Gasteiger partial charge in [0, 0.05) is 62.1 Å². The van der Waals surface area contributed by atoms with Crippen LogP contribution in [0, 0.1) is 0 Å². The Kier molecular flexibility index (Phi) is 6.90. The number of amides is 1. The average Bonchev–Trinajstić information content (AvgIpc) is 2.89. The molecule has 0 bridgehead atoms. The molecule has 1 N–H and O–H groups in total. The fourth-order valence-electron chi connectivity index (χ4n) is 4.51. The van der Waals surface area contributed by atoms with Gasteiger partial charge >= 0.3 is 6.18 Å². The second kappa shape index (κ2) is 10.1. The zero-order valence-corrected chi connectivity index (χ0v) is 20.3. The van der Waals surface area contributed by atoms with E-state index in [9.17, 15) is 22.8 Å². The lowest BCUT2D eigenvalue weighted by molar-refractivity contribution is -0.138. The molecule has 4 heterocycles. The highest BCUT2D eigenvalue weighted by atomic mass is 35.5. The minimum atomic E-state index is -4.49. The highest BCUT2D eigenvalue weighted by Crippen LogP contribution is 2.29. The van der Waals surface area contributed by atoms with Crippen LogP contribution in [0.2, 0.25) is 5.02 Å². The minimum absolute atomic E-state index is 0.0779. The number of piperazine rings is 1. The van der Waals surface area contributed by atoms with Crippen molar-refractivity contribution in [3.8, 4) is 0 Å². The number of carbonyl (C=O) groups excluding carboxylic acids is 1. The first-order chi connectivity index (χ1) is 17.7. The van der Waals surface area contributed by atoms with E-state index in [-0.39, 0.29) is 29.9 Å². The first kappa shape index (κ1) is 25.2. The minimum Gasteiger partial charge on any atom is -0.374 e. The number of fused-ring (bicyclic) bond motifs is 1. The van der Waals surface area contributed by atoms with Crippen molar-refractivity contribution in [2.45, 2.75) is 18.7 Å². The van der Waals surface area contributed by atoms with Gasteiger partial charge < -0.3 is 19.4 Å². The molecule has 37 heavy (non-hydrogen) atoms. The van der Waals surface area contributed by atoms with Crippen LogP contribution >= 0.6 is 11.6 Å². The molecule has 0 spiro atoms. The third-order valence-electron chi connectivity index (χ3n) is 6.45. The number of benzene rings is 1. The first-order valence-electron chi connectivity index (χ1n) is 11.7. The third kappa shape index (κ3) is 5.47. The van der Waals surface area contributed by atoms with Gasteiger partial charge in [-0.1, -0.05) is 11.6 Å². The van der Waals surface area contributed by atoms with Crippen molar-refractivity contribution in [3.63, 3.8) is 0 Å². The van der Waals surface area contributed by atoms with Gasteiger partial charge in [-0.25, -0.2) is 15.1 Å². The van der Waals surface area contributed by atoms with Crippen LogP contribution in [0.5, 0.6) is 0 Å². The van der Waals surface area contributed by atoms with Crippen LogP contribution in [0.3, 0.4) is 0 Å². The van der Waals surface area contributed by atoms with Gasteiger partial charge in [-0.05, 0) is 18.2 Å². The number of carbonyl (C=O) groups is 1. The van der Waals surface area contributed by atoms with Crippen LogP contribution < -0.4 is 15.4 Å². The summed E-state index contributed by atoms with van der Waals surface area (Å²) in [6, 6.07) is 5.05. The number of morpholine rings is 1. The Balaban J connectivity index is 1.19. The van der Waals surface area contributed by atoms with Gasteiger partial charge in [0.15, 0.2) is 5.82 Å². The number of halogens is 4. The van der Waals surface area contributed by atoms with Crippen molar-refractivity contribution < 1.29 is 22.7 Å². The van der Waals surface area contributed by atoms with Crippen LogP contribution in [-0.4, -0.2) is 83.0 Å². The molecule has 10 nitrogen and oxygen atoms in total. The van der Waals surface area contributed by atoms with E-state index in [0.717, 1.165) is 12.4 Å². The number of ether oxygens (including phenoxy) is 1. The molecule has 2 aliphatic heterocycles. The lowest BCUT2D eigenvalue weighted by Crippen LogP contribution is -2.51. The smallest absolute Gasteiger partial charge is 0.374 e. The van der Waals surface area contributed by atoms with E-state index < -0.39 is 11.7 Å². The maximum absolute atomic E-state index is 13.0. The molecule has 1 amide bonds. The Labute approximate surface area is 214 Å². The molecule has 1 aromatic carbocycles. The zero-order chi connectivity index (χ0) is 26.2. The van der Waals surface area contributed by atoms with Crippen molar-refractivity contribution in [1.82, 2.24) is 25.1 Å². The van der Waals surface area contributed by atoms with E-state index in [2.05, 4.69) is 20.2 Å². The van der Waals surface area contributed by atoms with Crippen molar-refractivity contribution in [3.05, 3.63) is 51.5 Å². The van der Waals surface area contributed by atoms with E-state index >= 15 is 0 Å².